The summed E-state index contributed by atoms with van der Waals surface area (Å²) >= 11 is 0. The maximum atomic E-state index is 10.9. The van der Waals surface area contributed by atoms with Crippen molar-refractivity contribution in [3.63, 3.8) is 0 Å². The summed E-state index contributed by atoms with van der Waals surface area (Å²) in [4.78, 5) is 13.1. The van der Waals surface area contributed by atoms with Crippen LogP contribution in [0.3, 0.4) is 0 Å². The van der Waals surface area contributed by atoms with Crippen LogP contribution in [0.2, 0.25) is 0 Å². The molecule has 0 saturated carbocycles. The van der Waals surface area contributed by atoms with Crippen molar-refractivity contribution in [2.45, 2.75) is 18.7 Å². The van der Waals surface area contributed by atoms with E-state index in [1.165, 1.54) is 0 Å². The van der Waals surface area contributed by atoms with Gasteiger partial charge < -0.3 is 29.2 Å². The van der Waals surface area contributed by atoms with E-state index < -0.39 is 18.7 Å². The average Bonchev–Trinajstić information content (AvgIpc) is 2.77. The maximum Gasteiger partial charge on any atom is 0.341 e. The van der Waals surface area contributed by atoms with Crippen LogP contribution < -0.4 is 14.2 Å². The van der Waals surface area contributed by atoms with E-state index in [0.717, 1.165) is 11.1 Å². The number of hydrogen-bond acceptors (Lipinski definition) is 7. The molecule has 1 heterocycles. The van der Waals surface area contributed by atoms with Gasteiger partial charge in [0.15, 0.2) is 18.1 Å². The SMILES string of the molecule is COc1ccc([C@@H]2[C@@H](CO)OCCN2Cc2ccccc2OCC(=O)O)cc1OC. The van der Waals surface area contributed by atoms with Crippen LogP contribution in [0.15, 0.2) is 42.5 Å². The minimum absolute atomic E-state index is 0.132. The van der Waals surface area contributed by atoms with Crippen LogP contribution in [0.25, 0.3) is 0 Å². The second-order valence-electron chi connectivity index (χ2n) is 6.91. The van der Waals surface area contributed by atoms with Crippen molar-refractivity contribution in [1.29, 1.82) is 0 Å². The van der Waals surface area contributed by atoms with Gasteiger partial charge in [-0.15, -0.1) is 0 Å². The van der Waals surface area contributed by atoms with Crippen LogP contribution >= 0.6 is 0 Å². The Bertz CT molecular complexity index is 857. The zero-order valence-corrected chi connectivity index (χ0v) is 17.1. The Morgan fingerprint density at radius 1 is 1.13 bits per heavy atom. The molecule has 0 spiro atoms. The first-order valence-corrected chi connectivity index (χ1v) is 9.68. The monoisotopic (exact) mass is 417 g/mol. The lowest BCUT2D eigenvalue weighted by Gasteiger charge is -2.41. The predicted molar refractivity (Wildman–Crippen MR) is 109 cm³/mol. The Morgan fingerprint density at radius 3 is 2.60 bits per heavy atom. The Morgan fingerprint density at radius 2 is 1.90 bits per heavy atom. The molecule has 8 nitrogen and oxygen atoms in total. The quantitative estimate of drug-likeness (QED) is 0.640. The predicted octanol–water partition coefficient (Wildman–Crippen LogP) is 2.10. The number of carboxylic acids is 1. The first-order valence-electron chi connectivity index (χ1n) is 9.68. The van der Waals surface area contributed by atoms with E-state index in [1.54, 1.807) is 20.3 Å². The van der Waals surface area contributed by atoms with E-state index in [2.05, 4.69) is 4.90 Å². The Hall–Kier alpha value is -2.81. The highest BCUT2D eigenvalue weighted by Gasteiger charge is 2.34. The lowest BCUT2D eigenvalue weighted by atomic mass is 9.97. The molecule has 0 aromatic heterocycles. The van der Waals surface area contributed by atoms with Crippen molar-refractivity contribution in [3.05, 3.63) is 53.6 Å². The van der Waals surface area contributed by atoms with Crippen LogP contribution in [0.4, 0.5) is 0 Å². The van der Waals surface area contributed by atoms with Crippen LogP contribution in [0.1, 0.15) is 17.2 Å². The smallest absolute Gasteiger partial charge is 0.341 e. The Balaban J connectivity index is 1.90. The van der Waals surface area contributed by atoms with Crippen LogP contribution in [-0.2, 0) is 16.1 Å². The van der Waals surface area contributed by atoms with Gasteiger partial charge >= 0.3 is 5.97 Å². The molecule has 1 saturated heterocycles. The van der Waals surface area contributed by atoms with Gasteiger partial charge in [-0.3, -0.25) is 4.90 Å². The molecule has 0 aliphatic carbocycles. The van der Waals surface area contributed by atoms with Gasteiger partial charge in [0.25, 0.3) is 0 Å². The van der Waals surface area contributed by atoms with Gasteiger partial charge in [0.05, 0.1) is 33.5 Å². The highest BCUT2D eigenvalue weighted by molar-refractivity contribution is 5.68. The third kappa shape index (κ3) is 5.02. The first kappa shape index (κ1) is 21.9. The molecule has 2 aromatic rings. The van der Waals surface area contributed by atoms with Gasteiger partial charge in [0.1, 0.15) is 11.9 Å². The molecule has 2 aromatic carbocycles. The molecule has 0 unspecified atom stereocenters. The van der Waals surface area contributed by atoms with Crippen molar-refractivity contribution >= 4 is 5.97 Å². The molecular formula is C22H27NO7. The van der Waals surface area contributed by atoms with E-state index >= 15 is 0 Å². The number of carbonyl (C=O) groups is 1. The van der Waals surface area contributed by atoms with Crippen LogP contribution in [-0.4, -0.2) is 67.8 Å². The average molecular weight is 417 g/mol. The van der Waals surface area contributed by atoms with Crippen molar-refractivity contribution in [1.82, 2.24) is 4.90 Å². The van der Waals surface area contributed by atoms with Gasteiger partial charge in [0.2, 0.25) is 0 Å². The van der Waals surface area contributed by atoms with Crippen molar-refractivity contribution in [2.75, 3.05) is 40.6 Å². The summed E-state index contributed by atoms with van der Waals surface area (Å²) < 4.78 is 22.1. The molecule has 0 bridgehead atoms. The molecule has 30 heavy (non-hydrogen) atoms. The highest BCUT2D eigenvalue weighted by atomic mass is 16.5. The number of carboxylic acid groups (broad SMARTS) is 1. The number of aliphatic carboxylic acids is 1. The van der Waals surface area contributed by atoms with Crippen molar-refractivity contribution in [2.24, 2.45) is 0 Å². The van der Waals surface area contributed by atoms with Crippen molar-refractivity contribution < 1.29 is 34.0 Å². The van der Waals surface area contributed by atoms with E-state index in [-0.39, 0.29) is 12.6 Å². The fraction of sp³-hybridized carbons (Fsp3) is 0.409. The molecular weight excluding hydrogens is 390 g/mol. The fourth-order valence-corrected chi connectivity index (χ4v) is 3.71. The summed E-state index contributed by atoms with van der Waals surface area (Å²) in [7, 11) is 3.16. The normalized spacial score (nSPS) is 19.3. The summed E-state index contributed by atoms with van der Waals surface area (Å²) in [6.07, 6.45) is -0.413. The third-order valence-electron chi connectivity index (χ3n) is 5.08. The van der Waals surface area contributed by atoms with E-state index in [4.69, 9.17) is 24.1 Å². The number of aliphatic hydroxyl groups is 1. The van der Waals surface area contributed by atoms with E-state index in [9.17, 15) is 9.90 Å². The molecule has 8 heteroatoms. The second-order valence-corrected chi connectivity index (χ2v) is 6.91. The number of aliphatic hydroxyl groups excluding tert-OH is 1. The number of nitrogens with zero attached hydrogens (tertiary/aromatic N) is 1. The fourth-order valence-electron chi connectivity index (χ4n) is 3.71. The summed E-state index contributed by atoms with van der Waals surface area (Å²) in [6.45, 7) is 1.09. The lowest BCUT2D eigenvalue weighted by Crippen LogP contribution is -2.46. The second kappa shape index (κ2) is 10.3. The topological polar surface area (TPSA) is 97.7 Å². The van der Waals surface area contributed by atoms with Crippen molar-refractivity contribution in [3.8, 4) is 17.2 Å². The number of hydrogen-bond donors (Lipinski definition) is 2. The van der Waals surface area contributed by atoms with Gasteiger partial charge in [-0.25, -0.2) is 4.79 Å². The summed E-state index contributed by atoms with van der Waals surface area (Å²) in [6, 6.07) is 12.8. The number of morpholine rings is 1. The zero-order valence-electron chi connectivity index (χ0n) is 17.1. The number of para-hydroxylation sites is 1. The summed E-state index contributed by atoms with van der Waals surface area (Å²) in [5.74, 6) is 0.720. The summed E-state index contributed by atoms with van der Waals surface area (Å²) in [5.41, 5.74) is 1.79. The zero-order chi connectivity index (χ0) is 21.5. The number of ether oxygens (including phenoxy) is 4. The van der Waals surface area contributed by atoms with Gasteiger partial charge in [-0.2, -0.15) is 0 Å². The molecule has 2 atom stereocenters. The minimum Gasteiger partial charge on any atom is -0.493 e. The Labute approximate surface area is 175 Å². The molecule has 0 amide bonds. The Kier molecular flexibility index (Phi) is 7.51. The molecule has 162 valence electrons. The third-order valence-corrected chi connectivity index (χ3v) is 5.08. The number of methoxy groups -OCH3 is 2. The standard InChI is InChI=1S/C22H27NO7/c1-27-18-8-7-15(11-19(18)28-2)22-20(13-24)29-10-9-23(22)12-16-5-3-4-6-17(16)30-14-21(25)26/h3-8,11,20,22,24H,9-10,12-14H2,1-2H3,(H,25,26)/t20-,22-/m1/s1. The van der Waals surface area contributed by atoms with Gasteiger partial charge in [-0.05, 0) is 23.8 Å². The molecule has 1 aliphatic heterocycles. The molecule has 1 aliphatic rings. The maximum absolute atomic E-state index is 10.9. The minimum atomic E-state index is -1.03. The number of rotatable bonds is 9. The molecule has 0 radical (unpaired) electrons. The molecule has 3 rings (SSSR count). The highest BCUT2D eigenvalue weighted by Crippen LogP contribution is 2.37. The number of benzene rings is 2. The van der Waals surface area contributed by atoms with Gasteiger partial charge in [0, 0.05) is 18.7 Å². The lowest BCUT2D eigenvalue weighted by molar-refractivity contribution is -0.139. The van der Waals surface area contributed by atoms with E-state index in [0.29, 0.717) is 36.9 Å². The summed E-state index contributed by atoms with van der Waals surface area (Å²) in [5, 5.41) is 18.9. The van der Waals surface area contributed by atoms with Crippen LogP contribution in [0, 0.1) is 0 Å². The first-order chi connectivity index (χ1) is 14.6. The molecule has 2 N–H and O–H groups in total. The molecule has 1 fully saturated rings. The van der Waals surface area contributed by atoms with Crippen LogP contribution in [0.5, 0.6) is 17.2 Å². The largest absolute Gasteiger partial charge is 0.493 e. The van der Waals surface area contributed by atoms with Gasteiger partial charge in [-0.1, -0.05) is 24.3 Å². The van der Waals surface area contributed by atoms with E-state index in [1.807, 2.05) is 36.4 Å².